The molecule has 2 heterocycles. The van der Waals surface area contributed by atoms with E-state index >= 15 is 0 Å². The number of nitro benzene ring substituents is 1. The van der Waals surface area contributed by atoms with Gasteiger partial charge >= 0.3 is 5.69 Å². The molecule has 1 aromatic carbocycles. The number of benzene rings is 1. The molecule has 2 bridgehead atoms. The molecule has 1 N–H and O–H groups in total. The molecule has 2 fully saturated rings. The van der Waals surface area contributed by atoms with E-state index in [2.05, 4.69) is 4.72 Å². The van der Waals surface area contributed by atoms with Crippen molar-refractivity contribution in [2.45, 2.75) is 42.4 Å². The molecule has 3 rings (SSSR count). The molecule has 2 saturated heterocycles. The highest BCUT2D eigenvalue weighted by molar-refractivity contribution is 7.89. The van der Waals surface area contributed by atoms with Gasteiger partial charge in [-0.25, -0.2) is 13.1 Å². The first kappa shape index (κ1) is 14.4. The third-order valence-corrected chi connectivity index (χ3v) is 5.36. The lowest BCUT2D eigenvalue weighted by molar-refractivity contribution is -0.390. The van der Waals surface area contributed by atoms with Crippen LogP contribution in [0.1, 0.15) is 19.3 Å². The van der Waals surface area contributed by atoms with Gasteiger partial charge in [-0.3, -0.25) is 10.1 Å². The average Bonchev–Trinajstić information content (AvgIpc) is 2.99. The van der Waals surface area contributed by atoms with Gasteiger partial charge in [0.05, 0.1) is 23.2 Å². The lowest BCUT2D eigenvalue weighted by Crippen LogP contribution is -2.41. The molecule has 0 amide bonds. The maximum Gasteiger partial charge on any atom is 0.324 e. The molecule has 3 unspecified atom stereocenters. The summed E-state index contributed by atoms with van der Waals surface area (Å²) in [5, 5.41) is 10.9. The van der Waals surface area contributed by atoms with E-state index in [-0.39, 0.29) is 12.2 Å². The van der Waals surface area contributed by atoms with Gasteiger partial charge in [-0.15, -0.1) is 0 Å². The first-order chi connectivity index (χ1) is 9.88. The van der Waals surface area contributed by atoms with Gasteiger partial charge in [0.1, 0.15) is 0 Å². The summed E-state index contributed by atoms with van der Waals surface area (Å²) >= 11 is 0. The van der Waals surface area contributed by atoms with Crippen LogP contribution in [0.2, 0.25) is 0 Å². The number of hydrogen-bond acceptors (Lipinski definition) is 5. The summed E-state index contributed by atoms with van der Waals surface area (Å²) in [7, 11) is -4.18. The molecule has 1 aromatic rings. The van der Waals surface area contributed by atoms with Crippen LogP contribution in [0.4, 0.5) is 10.1 Å². The van der Waals surface area contributed by atoms with Crippen molar-refractivity contribution in [3.63, 3.8) is 0 Å². The van der Waals surface area contributed by atoms with E-state index in [4.69, 9.17) is 4.74 Å². The van der Waals surface area contributed by atoms with Crippen molar-refractivity contribution in [2.24, 2.45) is 0 Å². The summed E-state index contributed by atoms with van der Waals surface area (Å²) in [6, 6.07) is 2.60. The quantitative estimate of drug-likeness (QED) is 0.667. The Morgan fingerprint density at radius 2 is 2.14 bits per heavy atom. The molecule has 0 radical (unpaired) electrons. The first-order valence-corrected chi connectivity index (χ1v) is 7.97. The number of sulfonamides is 1. The van der Waals surface area contributed by atoms with Crippen LogP contribution in [0.5, 0.6) is 0 Å². The van der Waals surface area contributed by atoms with Crippen LogP contribution in [0, 0.1) is 15.9 Å². The highest BCUT2D eigenvalue weighted by atomic mass is 32.2. The van der Waals surface area contributed by atoms with Crippen molar-refractivity contribution in [3.8, 4) is 0 Å². The summed E-state index contributed by atoms with van der Waals surface area (Å²) < 4.78 is 46.1. The van der Waals surface area contributed by atoms with E-state index in [9.17, 15) is 22.9 Å². The van der Waals surface area contributed by atoms with Crippen LogP contribution in [0.25, 0.3) is 0 Å². The average molecular weight is 316 g/mol. The fraction of sp³-hybridized carbons (Fsp3) is 0.500. The lowest BCUT2D eigenvalue weighted by atomic mass is 9.96. The SMILES string of the molecule is O=[N+]([O-])c1c(F)cccc1S(=O)(=O)NC1CC2CCC1O2. The fourth-order valence-corrected chi connectivity index (χ4v) is 4.37. The van der Waals surface area contributed by atoms with Gasteiger partial charge in [-0.1, -0.05) is 6.07 Å². The second kappa shape index (κ2) is 5.00. The lowest BCUT2D eigenvalue weighted by Gasteiger charge is -2.19. The number of hydrogen-bond donors (Lipinski definition) is 1. The van der Waals surface area contributed by atoms with E-state index in [0.717, 1.165) is 31.0 Å². The van der Waals surface area contributed by atoms with Crippen LogP contribution in [0.3, 0.4) is 0 Å². The predicted octanol–water partition coefficient (Wildman–Crippen LogP) is 1.33. The minimum atomic E-state index is -4.18. The normalized spacial score (nSPS) is 28.0. The van der Waals surface area contributed by atoms with Crippen LogP contribution < -0.4 is 4.72 Å². The number of para-hydroxylation sites is 1. The van der Waals surface area contributed by atoms with Crippen molar-refractivity contribution in [2.75, 3.05) is 0 Å². The zero-order chi connectivity index (χ0) is 15.2. The Morgan fingerprint density at radius 1 is 1.38 bits per heavy atom. The van der Waals surface area contributed by atoms with Gasteiger partial charge in [0.25, 0.3) is 0 Å². The zero-order valence-electron chi connectivity index (χ0n) is 10.9. The Bertz CT molecular complexity index is 693. The fourth-order valence-electron chi connectivity index (χ4n) is 2.91. The van der Waals surface area contributed by atoms with Crippen LogP contribution >= 0.6 is 0 Å². The first-order valence-electron chi connectivity index (χ1n) is 6.49. The van der Waals surface area contributed by atoms with E-state index in [1.54, 1.807) is 0 Å². The standard InChI is InChI=1S/C12H13FN2O5S/c13-8-2-1-3-11(12(8)15(16)17)21(18,19)14-9-6-7-4-5-10(9)20-7/h1-3,7,9-10,14H,4-6H2. The van der Waals surface area contributed by atoms with Crippen molar-refractivity contribution >= 4 is 15.7 Å². The van der Waals surface area contributed by atoms with Crippen molar-refractivity contribution < 1.29 is 22.5 Å². The van der Waals surface area contributed by atoms with Gasteiger partial charge in [0.2, 0.25) is 15.8 Å². The van der Waals surface area contributed by atoms with E-state index in [0.29, 0.717) is 6.42 Å². The summed E-state index contributed by atoms with van der Waals surface area (Å²) in [6.07, 6.45) is 2.00. The van der Waals surface area contributed by atoms with Gasteiger partial charge in [0, 0.05) is 0 Å². The minimum Gasteiger partial charge on any atom is -0.373 e. The number of ether oxygens (including phenoxy) is 1. The Morgan fingerprint density at radius 3 is 2.71 bits per heavy atom. The largest absolute Gasteiger partial charge is 0.373 e. The number of nitrogens with one attached hydrogen (secondary N) is 1. The van der Waals surface area contributed by atoms with Crippen LogP contribution in [-0.4, -0.2) is 31.6 Å². The van der Waals surface area contributed by atoms with Crippen LogP contribution in [-0.2, 0) is 14.8 Å². The van der Waals surface area contributed by atoms with E-state index < -0.39 is 37.4 Å². The molecule has 2 aliphatic rings. The predicted molar refractivity (Wildman–Crippen MR) is 69.7 cm³/mol. The smallest absolute Gasteiger partial charge is 0.324 e. The molecule has 3 atom stereocenters. The molecule has 21 heavy (non-hydrogen) atoms. The number of rotatable bonds is 4. The summed E-state index contributed by atoms with van der Waals surface area (Å²) in [5.41, 5.74) is -1.03. The van der Waals surface area contributed by atoms with Crippen molar-refractivity contribution in [3.05, 3.63) is 34.1 Å². The molecule has 9 heteroatoms. The second-order valence-electron chi connectivity index (χ2n) is 5.18. The molecule has 114 valence electrons. The number of fused-ring (bicyclic) bond motifs is 2. The Labute approximate surface area is 120 Å². The van der Waals surface area contributed by atoms with E-state index in [1.165, 1.54) is 0 Å². The van der Waals surface area contributed by atoms with Gasteiger partial charge in [0.15, 0.2) is 4.90 Å². The summed E-state index contributed by atoms with van der Waals surface area (Å²) in [5.74, 6) is -1.17. The third kappa shape index (κ3) is 2.52. The minimum absolute atomic E-state index is 0.0326. The maximum atomic E-state index is 13.5. The van der Waals surface area contributed by atoms with E-state index in [1.807, 2.05) is 0 Å². The monoisotopic (exact) mass is 316 g/mol. The molecule has 2 aliphatic heterocycles. The second-order valence-corrected chi connectivity index (χ2v) is 6.86. The Hall–Kier alpha value is -1.58. The summed E-state index contributed by atoms with van der Waals surface area (Å²) in [4.78, 5) is 9.22. The summed E-state index contributed by atoms with van der Waals surface area (Å²) in [6.45, 7) is 0. The van der Waals surface area contributed by atoms with Crippen molar-refractivity contribution in [1.29, 1.82) is 0 Å². The molecule has 0 aromatic heterocycles. The van der Waals surface area contributed by atoms with Gasteiger partial charge in [-0.2, -0.15) is 4.39 Å². The number of nitro groups is 1. The Balaban J connectivity index is 1.92. The third-order valence-electron chi connectivity index (χ3n) is 3.83. The van der Waals surface area contributed by atoms with Crippen LogP contribution in [0.15, 0.2) is 23.1 Å². The Kier molecular flexibility index (Phi) is 3.42. The maximum absolute atomic E-state index is 13.5. The highest BCUT2D eigenvalue weighted by Gasteiger charge is 2.43. The molecule has 0 spiro atoms. The topological polar surface area (TPSA) is 98.5 Å². The van der Waals surface area contributed by atoms with Gasteiger partial charge in [-0.05, 0) is 31.4 Å². The number of halogens is 1. The highest BCUT2D eigenvalue weighted by Crippen LogP contribution is 2.35. The molecule has 0 saturated carbocycles. The molecular weight excluding hydrogens is 303 g/mol. The molecule has 0 aliphatic carbocycles. The van der Waals surface area contributed by atoms with Crippen molar-refractivity contribution in [1.82, 2.24) is 4.72 Å². The molecule has 7 nitrogen and oxygen atoms in total. The number of nitrogens with zero attached hydrogens (tertiary/aromatic N) is 1. The zero-order valence-corrected chi connectivity index (χ0v) is 11.7. The molecular formula is C12H13FN2O5S. The van der Waals surface area contributed by atoms with Gasteiger partial charge < -0.3 is 4.74 Å².